The molecule has 2 aromatic rings. The van der Waals surface area contributed by atoms with Crippen LogP contribution in [-0.4, -0.2) is 17.5 Å². The summed E-state index contributed by atoms with van der Waals surface area (Å²) in [5, 5.41) is 4.22. The average Bonchev–Trinajstić information content (AvgIpc) is 2.87. The van der Waals surface area contributed by atoms with Gasteiger partial charge in [0.2, 0.25) is 0 Å². The molecule has 106 valence electrons. The lowest BCUT2D eigenvalue weighted by Crippen LogP contribution is -2.14. The van der Waals surface area contributed by atoms with E-state index in [0.717, 1.165) is 0 Å². The number of anilines is 1. The second-order valence-corrected chi connectivity index (χ2v) is 5.48. The van der Waals surface area contributed by atoms with E-state index in [0.29, 0.717) is 0 Å². The molecule has 0 aliphatic carbocycles. The van der Waals surface area contributed by atoms with Crippen molar-refractivity contribution in [2.24, 2.45) is 0 Å². The topological polar surface area (TPSA) is 51.2 Å². The highest BCUT2D eigenvalue weighted by atomic mass is 79.9. The Hall–Kier alpha value is -1.25. The van der Waals surface area contributed by atoms with Crippen molar-refractivity contribution < 1.29 is 18.3 Å². The largest absolute Gasteiger partial charge is 0.431 e. The van der Waals surface area contributed by atoms with E-state index < -0.39 is 12.5 Å². The van der Waals surface area contributed by atoms with E-state index in [1.165, 1.54) is 34.4 Å². The maximum absolute atomic E-state index is 12.4. The minimum atomic E-state index is -3.03. The van der Waals surface area contributed by atoms with Crippen molar-refractivity contribution in [1.82, 2.24) is 4.98 Å². The standard InChI is InChI=1S/C11H6BrClF2N2O2S/c12-6-1-5(13)2-7(9(6)19-11(14)15)17-10(18)8-3-20-4-16-8/h1-4,11H,(H,17,18). The summed E-state index contributed by atoms with van der Waals surface area (Å²) in [6.45, 7) is -3.03. The van der Waals surface area contributed by atoms with Gasteiger partial charge in [0.25, 0.3) is 5.91 Å². The van der Waals surface area contributed by atoms with E-state index in [-0.39, 0.29) is 26.6 Å². The molecular weight excluding hydrogens is 378 g/mol. The quantitative estimate of drug-likeness (QED) is 0.851. The van der Waals surface area contributed by atoms with Crippen molar-refractivity contribution in [3.63, 3.8) is 0 Å². The van der Waals surface area contributed by atoms with Gasteiger partial charge < -0.3 is 10.1 Å². The summed E-state index contributed by atoms with van der Waals surface area (Å²) in [6.07, 6.45) is 0. The summed E-state index contributed by atoms with van der Waals surface area (Å²) >= 11 is 10.1. The van der Waals surface area contributed by atoms with E-state index in [9.17, 15) is 13.6 Å². The molecule has 1 amide bonds. The number of carbonyl (C=O) groups excluding carboxylic acids is 1. The molecule has 1 aromatic carbocycles. The first kappa shape index (κ1) is 15.1. The molecule has 1 heterocycles. The van der Waals surface area contributed by atoms with Gasteiger partial charge in [-0.05, 0) is 28.1 Å². The maximum Gasteiger partial charge on any atom is 0.387 e. The van der Waals surface area contributed by atoms with Gasteiger partial charge in [-0.1, -0.05) is 11.6 Å². The first-order valence-corrected chi connectivity index (χ1v) is 7.22. The van der Waals surface area contributed by atoms with Gasteiger partial charge in [-0.15, -0.1) is 11.3 Å². The maximum atomic E-state index is 12.4. The lowest BCUT2D eigenvalue weighted by molar-refractivity contribution is -0.0498. The van der Waals surface area contributed by atoms with Crippen molar-refractivity contribution >= 4 is 50.5 Å². The van der Waals surface area contributed by atoms with Gasteiger partial charge in [-0.3, -0.25) is 4.79 Å². The number of ether oxygens (including phenoxy) is 1. The normalized spacial score (nSPS) is 10.7. The number of hydrogen-bond acceptors (Lipinski definition) is 4. The summed E-state index contributed by atoms with van der Waals surface area (Å²) < 4.78 is 29.4. The third-order valence-electron chi connectivity index (χ3n) is 2.13. The van der Waals surface area contributed by atoms with Crippen LogP contribution in [0.15, 0.2) is 27.5 Å². The highest BCUT2D eigenvalue weighted by Crippen LogP contribution is 2.37. The molecule has 0 aliphatic rings. The van der Waals surface area contributed by atoms with E-state index in [1.807, 2.05) is 0 Å². The van der Waals surface area contributed by atoms with Crippen LogP contribution in [0.1, 0.15) is 10.5 Å². The molecule has 4 nitrogen and oxygen atoms in total. The molecule has 0 aliphatic heterocycles. The Bertz CT molecular complexity index is 625. The van der Waals surface area contributed by atoms with Gasteiger partial charge in [0, 0.05) is 10.4 Å². The third-order valence-corrected chi connectivity index (χ3v) is 3.52. The summed E-state index contributed by atoms with van der Waals surface area (Å²) in [5.41, 5.74) is 1.69. The molecule has 0 unspecified atom stereocenters. The average molecular weight is 384 g/mol. The Kier molecular flexibility index (Phi) is 4.90. The van der Waals surface area contributed by atoms with Crippen LogP contribution in [0.25, 0.3) is 0 Å². The predicted octanol–water partition coefficient (Wildman–Crippen LogP) is 4.41. The number of rotatable bonds is 4. The van der Waals surface area contributed by atoms with E-state index in [1.54, 1.807) is 0 Å². The summed E-state index contributed by atoms with van der Waals surface area (Å²) in [5.74, 6) is -0.743. The number of aromatic nitrogens is 1. The minimum Gasteiger partial charge on any atom is -0.431 e. The van der Waals surface area contributed by atoms with Gasteiger partial charge in [0.15, 0.2) is 5.75 Å². The zero-order valence-electron chi connectivity index (χ0n) is 9.57. The lowest BCUT2D eigenvalue weighted by atomic mass is 10.3. The molecule has 1 aromatic heterocycles. The number of alkyl halides is 2. The van der Waals surface area contributed by atoms with E-state index >= 15 is 0 Å². The molecular formula is C11H6BrClF2N2O2S. The van der Waals surface area contributed by atoms with E-state index in [4.69, 9.17) is 11.6 Å². The number of amides is 1. The van der Waals surface area contributed by atoms with Gasteiger partial charge in [0.05, 0.1) is 15.7 Å². The Balaban J connectivity index is 2.32. The van der Waals surface area contributed by atoms with Crippen LogP contribution in [0.2, 0.25) is 5.02 Å². The predicted molar refractivity (Wildman–Crippen MR) is 75.9 cm³/mol. The SMILES string of the molecule is O=C(Nc1cc(Cl)cc(Br)c1OC(F)F)c1cscn1. The number of thiazole rings is 1. The highest BCUT2D eigenvalue weighted by molar-refractivity contribution is 9.10. The number of halogens is 4. The number of carbonyl (C=O) groups is 1. The van der Waals surface area contributed by atoms with Crippen LogP contribution < -0.4 is 10.1 Å². The molecule has 20 heavy (non-hydrogen) atoms. The summed E-state index contributed by atoms with van der Waals surface area (Å²) in [4.78, 5) is 15.7. The molecule has 1 N–H and O–H groups in total. The van der Waals surface area contributed by atoms with Crippen LogP contribution in [0, 0.1) is 0 Å². The first-order valence-electron chi connectivity index (χ1n) is 5.10. The van der Waals surface area contributed by atoms with Crippen LogP contribution in [-0.2, 0) is 0 Å². The van der Waals surface area contributed by atoms with Crippen molar-refractivity contribution in [2.45, 2.75) is 6.61 Å². The lowest BCUT2D eigenvalue weighted by Gasteiger charge is -2.13. The van der Waals surface area contributed by atoms with Crippen molar-refractivity contribution in [1.29, 1.82) is 0 Å². The van der Waals surface area contributed by atoms with Gasteiger partial charge in [0.1, 0.15) is 5.69 Å². The molecule has 0 saturated heterocycles. The van der Waals surface area contributed by atoms with Crippen LogP contribution in [0.4, 0.5) is 14.5 Å². The molecule has 0 bridgehead atoms. The van der Waals surface area contributed by atoms with Crippen molar-refractivity contribution in [3.05, 3.63) is 38.2 Å². The van der Waals surface area contributed by atoms with Crippen LogP contribution in [0.5, 0.6) is 5.75 Å². The Labute approximate surface area is 129 Å². The van der Waals surface area contributed by atoms with Gasteiger partial charge in [-0.25, -0.2) is 4.98 Å². The Morgan fingerprint density at radius 1 is 1.50 bits per heavy atom. The molecule has 0 atom stereocenters. The monoisotopic (exact) mass is 382 g/mol. The second kappa shape index (κ2) is 6.47. The number of nitrogens with one attached hydrogen (secondary N) is 1. The van der Waals surface area contributed by atoms with Gasteiger partial charge in [-0.2, -0.15) is 8.78 Å². The fourth-order valence-electron chi connectivity index (χ4n) is 1.37. The fraction of sp³-hybridized carbons (Fsp3) is 0.0909. The molecule has 2 rings (SSSR count). The highest BCUT2D eigenvalue weighted by Gasteiger charge is 2.18. The second-order valence-electron chi connectivity index (χ2n) is 3.47. The third kappa shape index (κ3) is 3.65. The van der Waals surface area contributed by atoms with Crippen LogP contribution >= 0.6 is 38.9 Å². The Morgan fingerprint density at radius 3 is 2.85 bits per heavy atom. The molecule has 0 fully saturated rings. The Morgan fingerprint density at radius 2 is 2.25 bits per heavy atom. The van der Waals surface area contributed by atoms with Crippen molar-refractivity contribution in [2.75, 3.05) is 5.32 Å². The first-order chi connectivity index (χ1) is 9.47. The summed E-state index contributed by atoms with van der Waals surface area (Å²) in [7, 11) is 0. The number of nitrogens with zero attached hydrogens (tertiary/aromatic N) is 1. The molecule has 9 heteroatoms. The molecule has 0 radical (unpaired) electrons. The number of hydrogen-bond donors (Lipinski definition) is 1. The smallest absolute Gasteiger partial charge is 0.387 e. The minimum absolute atomic E-state index is 0.0303. The van der Waals surface area contributed by atoms with Crippen LogP contribution in [0.3, 0.4) is 0 Å². The van der Waals surface area contributed by atoms with Crippen molar-refractivity contribution in [3.8, 4) is 5.75 Å². The van der Waals surface area contributed by atoms with Gasteiger partial charge >= 0.3 is 6.61 Å². The zero-order chi connectivity index (χ0) is 14.7. The number of benzene rings is 1. The van der Waals surface area contributed by atoms with E-state index in [2.05, 4.69) is 31.0 Å². The summed E-state index contributed by atoms with van der Waals surface area (Å²) in [6, 6.07) is 2.70. The zero-order valence-corrected chi connectivity index (χ0v) is 12.7. The fourth-order valence-corrected chi connectivity index (χ4v) is 2.81. The molecule has 0 saturated carbocycles. The molecule has 0 spiro atoms.